The Kier molecular flexibility index (Phi) is 5.67. The molecule has 2 N–H and O–H groups in total. The van der Waals surface area contributed by atoms with Crippen LogP contribution in [-0.4, -0.2) is 46.5 Å². The zero-order valence-electron chi connectivity index (χ0n) is 12.6. The van der Waals surface area contributed by atoms with Gasteiger partial charge in [-0.05, 0) is 6.07 Å². The topological polar surface area (TPSA) is 56.3 Å². The number of methoxy groups -OCH3 is 1. The van der Waals surface area contributed by atoms with Gasteiger partial charge in [0.15, 0.2) is 0 Å². The highest BCUT2D eigenvalue weighted by molar-refractivity contribution is 7.80. The SMILES string of the molecule is COCCN(CCC(N)=S)Cc1nn(C)c2ccccc12. The molecular weight excluding hydrogens is 284 g/mol. The molecule has 1 aromatic carbocycles. The normalized spacial score (nSPS) is 11.4. The first-order valence-corrected chi connectivity index (χ1v) is 7.43. The molecule has 0 bridgehead atoms. The molecule has 2 rings (SSSR count). The third-order valence-electron chi connectivity index (χ3n) is 3.49. The second-order valence-corrected chi connectivity index (χ2v) is 5.60. The molecule has 0 fully saturated rings. The highest BCUT2D eigenvalue weighted by Crippen LogP contribution is 2.18. The summed E-state index contributed by atoms with van der Waals surface area (Å²) in [5.41, 5.74) is 7.83. The predicted molar refractivity (Wildman–Crippen MR) is 89.3 cm³/mol. The predicted octanol–water partition coefficient (Wildman–Crippen LogP) is 1.70. The molecule has 0 saturated carbocycles. The van der Waals surface area contributed by atoms with E-state index in [-0.39, 0.29) is 0 Å². The van der Waals surface area contributed by atoms with Gasteiger partial charge < -0.3 is 10.5 Å². The van der Waals surface area contributed by atoms with Gasteiger partial charge in [-0.3, -0.25) is 9.58 Å². The van der Waals surface area contributed by atoms with Crippen LogP contribution in [0.5, 0.6) is 0 Å². The van der Waals surface area contributed by atoms with E-state index in [0.29, 0.717) is 18.0 Å². The number of benzene rings is 1. The molecule has 0 amide bonds. The number of ether oxygens (including phenoxy) is 1. The smallest absolute Gasteiger partial charge is 0.0843 e. The molecule has 0 aliphatic heterocycles. The molecule has 0 aliphatic rings. The summed E-state index contributed by atoms with van der Waals surface area (Å²) in [5, 5.41) is 5.83. The second-order valence-electron chi connectivity index (χ2n) is 5.07. The summed E-state index contributed by atoms with van der Waals surface area (Å²) in [6.45, 7) is 3.11. The number of nitrogens with zero attached hydrogens (tertiary/aromatic N) is 3. The van der Waals surface area contributed by atoms with E-state index < -0.39 is 0 Å². The molecule has 114 valence electrons. The van der Waals surface area contributed by atoms with Crippen LogP contribution >= 0.6 is 12.2 Å². The van der Waals surface area contributed by atoms with E-state index in [9.17, 15) is 0 Å². The molecule has 0 spiro atoms. The van der Waals surface area contributed by atoms with Gasteiger partial charge in [0, 0.05) is 45.6 Å². The Morgan fingerprint density at radius 1 is 1.38 bits per heavy atom. The number of hydrogen-bond acceptors (Lipinski definition) is 4. The van der Waals surface area contributed by atoms with Crippen LogP contribution in [0, 0.1) is 0 Å². The first-order valence-electron chi connectivity index (χ1n) is 7.02. The van der Waals surface area contributed by atoms with Crippen molar-refractivity contribution in [3.05, 3.63) is 30.0 Å². The van der Waals surface area contributed by atoms with E-state index in [2.05, 4.69) is 22.1 Å². The molecule has 1 heterocycles. The molecular formula is C15H22N4OS. The summed E-state index contributed by atoms with van der Waals surface area (Å²) in [6.07, 6.45) is 0.712. The van der Waals surface area contributed by atoms with Crippen molar-refractivity contribution < 1.29 is 4.74 Å². The fraction of sp³-hybridized carbons (Fsp3) is 0.467. The third-order valence-corrected chi connectivity index (χ3v) is 3.70. The lowest BCUT2D eigenvalue weighted by atomic mass is 10.2. The maximum absolute atomic E-state index is 5.61. The van der Waals surface area contributed by atoms with Crippen molar-refractivity contribution >= 4 is 28.1 Å². The summed E-state index contributed by atoms with van der Waals surface area (Å²) in [6, 6.07) is 8.27. The zero-order chi connectivity index (χ0) is 15.2. The molecule has 0 unspecified atom stereocenters. The number of rotatable bonds is 8. The van der Waals surface area contributed by atoms with Crippen molar-refractivity contribution in [1.29, 1.82) is 0 Å². The molecule has 0 aliphatic carbocycles. The van der Waals surface area contributed by atoms with E-state index in [1.54, 1.807) is 7.11 Å². The maximum Gasteiger partial charge on any atom is 0.0843 e. The van der Waals surface area contributed by atoms with Gasteiger partial charge in [-0.1, -0.05) is 30.4 Å². The molecule has 6 heteroatoms. The molecule has 1 aromatic heterocycles. The van der Waals surface area contributed by atoms with E-state index >= 15 is 0 Å². The Bertz CT molecular complexity index is 611. The van der Waals surface area contributed by atoms with Gasteiger partial charge in [0.05, 0.1) is 22.8 Å². The van der Waals surface area contributed by atoms with Gasteiger partial charge >= 0.3 is 0 Å². The zero-order valence-corrected chi connectivity index (χ0v) is 13.4. The molecule has 21 heavy (non-hydrogen) atoms. The molecule has 0 atom stereocenters. The fourth-order valence-electron chi connectivity index (χ4n) is 2.38. The average molecular weight is 306 g/mol. The van der Waals surface area contributed by atoms with Crippen LogP contribution in [0.3, 0.4) is 0 Å². The van der Waals surface area contributed by atoms with Gasteiger partial charge in [0.25, 0.3) is 0 Å². The van der Waals surface area contributed by atoms with Crippen molar-refractivity contribution in [2.45, 2.75) is 13.0 Å². The van der Waals surface area contributed by atoms with Crippen LogP contribution in [0.25, 0.3) is 10.9 Å². The lowest BCUT2D eigenvalue weighted by Gasteiger charge is -2.20. The number of aryl methyl sites for hydroxylation is 1. The molecule has 0 saturated heterocycles. The van der Waals surface area contributed by atoms with Gasteiger partial charge in [-0.25, -0.2) is 0 Å². The Balaban J connectivity index is 2.15. The van der Waals surface area contributed by atoms with Crippen molar-refractivity contribution in [1.82, 2.24) is 14.7 Å². The molecule has 2 aromatic rings. The number of para-hydroxylation sites is 1. The van der Waals surface area contributed by atoms with Crippen LogP contribution in [-0.2, 0) is 18.3 Å². The van der Waals surface area contributed by atoms with Crippen LogP contribution in [0.4, 0.5) is 0 Å². The largest absolute Gasteiger partial charge is 0.393 e. The van der Waals surface area contributed by atoms with Gasteiger partial charge in [0.1, 0.15) is 0 Å². The Morgan fingerprint density at radius 3 is 2.86 bits per heavy atom. The summed E-state index contributed by atoms with van der Waals surface area (Å²) < 4.78 is 7.10. The van der Waals surface area contributed by atoms with Crippen molar-refractivity contribution in [3.63, 3.8) is 0 Å². The molecule has 5 nitrogen and oxygen atoms in total. The molecule has 0 radical (unpaired) electrons. The van der Waals surface area contributed by atoms with E-state index in [1.165, 1.54) is 5.39 Å². The monoisotopic (exact) mass is 306 g/mol. The second kappa shape index (κ2) is 7.49. The van der Waals surface area contributed by atoms with E-state index in [4.69, 9.17) is 22.7 Å². The van der Waals surface area contributed by atoms with Crippen molar-refractivity contribution in [3.8, 4) is 0 Å². The first kappa shape index (κ1) is 15.9. The summed E-state index contributed by atoms with van der Waals surface area (Å²) in [7, 11) is 3.68. The van der Waals surface area contributed by atoms with E-state index in [0.717, 1.165) is 30.8 Å². The van der Waals surface area contributed by atoms with Gasteiger partial charge in [0.2, 0.25) is 0 Å². The minimum absolute atomic E-state index is 0.545. The number of fused-ring (bicyclic) bond motifs is 1. The number of hydrogen-bond donors (Lipinski definition) is 1. The van der Waals surface area contributed by atoms with E-state index in [1.807, 2.05) is 23.9 Å². The van der Waals surface area contributed by atoms with Crippen LogP contribution < -0.4 is 5.73 Å². The Morgan fingerprint density at radius 2 is 2.14 bits per heavy atom. The highest BCUT2D eigenvalue weighted by Gasteiger charge is 2.13. The van der Waals surface area contributed by atoms with Crippen molar-refractivity contribution in [2.24, 2.45) is 12.8 Å². The van der Waals surface area contributed by atoms with Crippen LogP contribution in [0.2, 0.25) is 0 Å². The average Bonchev–Trinajstić information content (AvgIpc) is 2.79. The van der Waals surface area contributed by atoms with Crippen LogP contribution in [0.15, 0.2) is 24.3 Å². The number of nitrogens with two attached hydrogens (primary N) is 1. The maximum atomic E-state index is 5.61. The quantitative estimate of drug-likeness (QED) is 0.752. The first-order chi connectivity index (χ1) is 10.1. The Hall–Kier alpha value is -1.50. The van der Waals surface area contributed by atoms with Gasteiger partial charge in [-0.15, -0.1) is 0 Å². The number of aromatic nitrogens is 2. The third kappa shape index (κ3) is 4.23. The van der Waals surface area contributed by atoms with Gasteiger partial charge in [-0.2, -0.15) is 5.10 Å². The highest BCUT2D eigenvalue weighted by atomic mass is 32.1. The lowest BCUT2D eigenvalue weighted by Crippen LogP contribution is -2.30. The number of thiocarbonyl (C=S) groups is 1. The van der Waals surface area contributed by atoms with Crippen LogP contribution in [0.1, 0.15) is 12.1 Å². The summed E-state index contributed by atoms with van der Waals surface area (Å²) in [4.78, 5) is 2.82. The van der Waals surface area contributed by atoms with Crippen molar-refractivity contribution in [2.75, 3.05) is 26.8 Å². The lowest BCUT2D eigenvalue weighted by molar-refractivity contribution is 0.145. The Labute approximate surface area is 130 Å². The standard InChI is InChI=1S/C15H22N4OS/c1-18-14-6-4-3-5-12(14)13(17-18)11-19(9-10-20-2)8-7-15(16)21/h3-6H,7-11H2,1-2H3,(H2,16,21). The summed E-state index contributed by atoms with van der Waals surface area (Å²) in [5.74, 6) is 0. The fourth-order valence-corrected chi connectivity index (χ4v) is 2.47. The minimum Gasteiger partial charge on any atom is -0.393 e. The minimum atomic E-state index is 0.545. The summed E-state index contributed by atoms with van der Waals surface area (Å²) >= 11 is 4.97.